The van der Waals surface area contributed by atoms with Gasteiger partial charge in [-0.25, -0.2) is 14.4 Å². The summed E-state index contributed by atoms with van der Waals surface area (Å²) in [6.07, 6.45) is 5.41. The van der Waals surface area contributed by atoms with Crippen LogP contribution in [0.3, 0.4) is 0 Å². The Morgan fingerprint density at radius 3 is 2.60 bits per heavy atom. The number of halogens is 1. The zero-order valence-corrected chi connectivity index (χ0v) is 18.6. The lowest BCUT2D eigenvalue weighted by molar-refractivity contribution is 0.479. The summed E-state index contributed by atoms with van der Waals surface area (Å²) in [4.78, 5) is 10.9. The van der Waals surface area contributed by atoms with E-state index in [2.05, 4.69) is 54.9 Å². The van der Waals surface area contributed by atoms with Gasteiger partial charge in [-0.15, -0.1) is 0 Å². The molecule has 0 aliphatic heterocycles. The number of nitrogens with zero attached hydrogens (tertiary/aromatic N) is 3. The van der Waals surface area contributed by atoms with Crippen LogP contribution in [0.4, 0.5) is 16.0 Å². The van der Waals surface area contributed by atoms with Crippen LogP contribution in [0, 0.1) is 11.7 Å². The second-order valence-corrected chi connectivity index (χ2v) is 8.29. The van der Waals surface area contributed by atoms with E-state index in [0.717, 1.165) is 36.2 Å². The zero-order valence-electron chi connectivity index (χ0n) is 18.6. The molecular formula is C24H32FN5. The highest BCUT2D eigenvalue weighted by atomic mass is 19.1. The molecule has 1 aliphatic carbocycles. The second-order valence-electron chi connectivity index (χ2n) is 8.29. The normalized spacial score (nSPS) is 14.0. The first kappa shape index (κ1) is 21.8. The maximum Gasteiger partial charge on any atom is 0.225 e. The third-order valence-corrected chi connectivity index (χ3v) is 5.54. The minimum atomic E-state index is -0.192. The number of rotatable bonds is 9. The first-order valence-corrected chi connectivity index (χ1v) is 10.5. The van der Waals surface area contributed by atoms with Gasteiger partial charge in [0.15, 0.2) is 0 Å². The van der Waals surface area contributed by atoms with Crippen LogP contribution in [0.2, 0.25) is 0 Å². The van der Waals surface area contributed by atoms with Gasteiger partial charge in [-0.3, -0.25) is 0 Å². The number of allylic oxidation sites excluding steroid dienone is 1. The van der Waals surface area contributed by atoms with Gasteiger partial charge < -0.3 is 15.5 Å². The first-order valence-electron chi connectivity index (χ1n) is 10.5. The molecule has 2 N–H and O–H groups in total. The molecule has 0 saturated heterocycles. The fourth-order valence-electron chi connectivity index (χ4n) is 3.98. The monoisotopic (exact) mass is 409 g/mol. The molecule has 2 aromatic rings. The molecule has 1 unspecified atom stereocenters. The summed E-state index contributed by atoms with van der Waals surface area (Å²) < 4.78 is 13.7. The average molecular weight is 410 g/mol. The summed E-state index contributed by atoms with van der Waals surface area (Å²) in [6, 6.07) is 5.15. The van der Waals surface area contributed by atoms with Crippen molar-refractivity contribution in [3.63, 3.8) is 0 Å². The minimum Gasteiger partial charge on any atom is -0.365 e. The topological polar surface area (TPSA) is 53.1 Å². The van der Waals surface area contributed by atoms with Gasteiger partial charge in [0.05, 0.1) is 29.9 Å². The van der Waals surface area contributed by atoms with Gasteiger partial charge in [0.1, 0.15) is 5.82 Å². The van der Waals surface area contributed by atoms with Crippen LogP contribution in [0.5, 0.6) is 0 Å². The fourth-order valence-corrected chi connectivity index (χ4v) is 3.98. The Balaban J connectivity index is 1.70. The molecule has 30 heavy (non-hydrogen) atoms. The molecule has 0 bridgehead atoms. The lowest BCUT2D eigenvalue weighted by Crippen LogP contribution is -2.37. The predicted molar refractivity (Wildman–Crippen MR) is 123 cm³/mol. The highest BCUT2D eigenvalue weighted by Gasteiger charge is 2.27. The van der Waals surface area contributed by atoms with E-state index in [9.17, 15) is 4.39 Å². The van der Waals surface area contributed by atoms with Gasteiger partial charge in [-0.05, 0) is 60.1 Å². The summed E-state index contributed by atoms with van der Waals surface area (Å²) in [5.41, 5.74) is 5.40. The summed E-state index contributed by atoms with van der Waals surface area (Å²) in [5, 5.41) is 6.78. The SMILES string of the molecule is C=C(Nc1cnc(N(C)CCC)nc1)NC(C1=C(C)c2cc(F)ccc2C1)C(C)C. The number of fused-ring (bicyclic) bond motifs is 1. The first-order chi connectivity index (χ1) is 14.3. The van der Waals surface area contributed by atoms with Crippen molar-refractivity contribution in [2.45, 2.75) is 46.6 Å². The predicted octanol–water partition coefficient (Wildman–Crippen LogP) is 4.99. The van der Waals surface area contributed by atoms with Gasteiger partial charge in [-0.2, -0.15) is 0 Å². The molecule has 160 valence electrons. The summed E-state index contributed by atoms with van der Waals surface area (Å²) in [5.74, 6) is 1.55. The average Bonchev–Trinajstić information content (AvgIpc) is 3.02. The maximum atomic E-state index is 13.7. The molecule has 1 aliphatic rings. The Morgan fingerprint density at radius 2 is 1.97 bits per heavy atom. The van der Waals surface area contributed by atoms with E-state index in [1.807, 2.05) is 18.0 Å². The van der Waals surface area contributed by atoms with Crippen LogP contribution < -0.4 is 15.5 Å². The lowest BCUT2D eigenvalue weighted by Gasteiger charge is -2.27. The van der Waals surface area contributed by atoms with E-state index in [-0.39, 0.29) is 11.9 Å². The third kappa shape index (κ3) is 4.81. The Kier molecular flexibility index (Phi) is 6.75. The largest absolute Gasteiger partial charge is 0.365 e. The molecule has 1 atom stereocenters. The van der Waals surface area contributed by atoms with Crippen LogP contribution in [-0.2, 0) is 6.42 Å². The Hall–Kier alpha value is -2.89. The fraction of sp³-hybridized carbons (Fsp3) is 0.417. The molecule has 3 rings (SSSR count). The van der Waals surface area contributed by atoms with Gasteiger partial charge in [0.25, 0.3) is 0 Å². The van der Waals surface area contributed by atoms with Gasteiger partial charge in [-0.1, -0.05) is 33.4 Å². The van der Waals surface area contributed by atoms with Crippen molar-refractivity contribution >= 4 is 17.2 Å². The Labute approximate surface area is 179 Å². The quantitative estimate of drug-likeness (QED) is 0.611. The molecule has 5 nitrogen and oxygen atoms in total. The van der Waals surface area contributed by atoms with Crippen LogP contribution >= 0.6 is 0 Å². The van der Waals surface area contributed by atoms with Gasteiger partial charge >= 0.3 is 0 Å². The molecule has 0 spiro atoms. The number of aromatic nitrogens is 2. The standard InChI is InChI=1S/C24H32FN5/c1-7-10-30(6)24-26-13-20(14-27-24)28-17(5)29-23(15(2)3)22-11-18-8-9-19(25)12-21(18)16(22)4/h8-9,12-15,23,28-29H,5,7,10-11H2,1-4,6H3. The summed E-state index contributed by atoms with van der Waals surface area (Å²) in [7, 11) is 1.99. The molecule has 0 radical (unpaired) electrons. The molecule has 1 heterocycles. The van der Waals surface area contributed by atoms with Crippen molar-refractivity contribution in [3.05, 3.63) is 65.5 Å². The molecule has 1 aromatic carbocycles. The van der Waals surface area contributed by atoms with Crippen molar-refractivity contribution in [2.75, 3.05) is 23.8 Å². The van der Waals surface area contributed by atoms with Gasteiger partial charge in [0, 0.05) is 13.6 Å². The second kappa shape index (κ2) is 9.28. The zero-order chi connectivity index (χ0) is 21.8. The van der Waals surface area contributed by atoms with Crippen molar-refractivity contribution in [1.29, 1.82) is 0 Å². The summed E-state index contributed by atoms with van der Waals surface area (Å²) in [6.45, 7) is 13.6. The number of benzene rings is 1. The Morgan fingerprint density at radius 1 is 1.27 bits per heavy atom. The number of nitrogens with one attached hydrogen (secondary N) is 2. The molecule has 0 saturated carbocycles. The highest BCUT2D eigenvalue weighted by molar-refractivity contribution is 5.76. The maximum absolute atomic E-state index is 13.7. The van der Waals surface area contributed by atoms with E-state index in [1.54, 1.807) is 18.5 Å². The van der Waals surface area contributed by atoms with Crippen LogP contribution in [0.1, 0.15) is 45.2 Å². The number of hydrogen-bond acceptors (Lipinski definition) is 5. The molecule has 0 fully saturated rings. The van der Waals surface area contributed by atoms with Crippen LogP contribution in [0.25, 0.3) is 5.57 Å². The van der Waals surface area contributed by atoms with E-state index in [0.29, 0.717) is 17.7 Å². The number of hydrogen-bond donors (Lipinski definition) is 2. The highest BCUT2D eigenvalue weighted by Crippen LogP contribution is 2.36. The van der Waals surface area contributed by atoms with E-state index < -0.39 is 0 Å². The number of anilines is 2. The lowest BCUT2D eigenvalue weighted by atomic mass is 9.92. The summed E-state index contributed by atoms with van der Waals surface area (Å²) >= 11 is 0. The molecular weight excluding hydrogens is 377 g/mol. The minimum absolute atomic E-state index is 0.0938. The Bertz CT molecular complexity index is 933. The molecule has 1 aromatic heterocycles. The smallest absolute Gasteiger partial charge is 0.225 e. The third-order valence-electron chi connectivity index (χ3n) is 5.54. The molecule has 0 amide bonds. The molecule has 6 heteroatoms. The van der Waals surface area contributed by atoms with E-state index >= 15 is 0 Å². The van der Waals surface area contributed by atoms with Crippen molar-refractivity contribution < 1.29 is 4.39 Å². The van der Waals surface area contributed by atoms with Crippen LogP contribution in [-0.4, -0.2) is 29.6 Å². The van der Waals surface area contributed by atoms with Crippen molar-refractivity contribution in [1.82, 2.24) is 15.3 Å². The van der Waals surface area contributed by atoms with E-state index in [1.165, 1.54) is 17.2 Å². The van der Waals surface area contributed by atoms with Gasteiger partial charge in [0.2, 0.25) is 5.95 Å². The van der Waals surface area contributed by atoms with Crippen molar-refractivity contribution in [3.8, 4) is 0 Å². The van der Waals surface area contributed by atoms with E-state index in [4.69, 9.17) is 0 Å². The van der Waals surface area contributed by atoms with Crippen LogP contribution in [0.15, 0.2) is 48.6 Å². The van der Waals surface area contributed by atoms with Crippen molar-refractivity contribution in [2.24, 2.45) is 5.92 Å².